The number of H-pyrrole nitrogens is 1. The molecule has 0 spiro atoms. The van der Waals surface area contributed by atoms with Crippen molar-refractivity contribution in [1.29, 1.82) is 0 Å². The van der Waals surface area contributed by atoms with Crippen LogP contribution in [0.25, 0.3) is 27.3 Å². The van der Waals surface area contributed by atoms with Crippen molar-refractivity contribution in [2.45, 2.75) is 59.4 Å². The highest BCUT2D eigenvalue weighted by Gasteiger charge is 2.31. The molecule has 0 aromatic carbocycles. The molecule has 33 heavy (non-hydrogen) atoms. The summed E-state index contributed by atoms with van der Waals surface area (Å²) in [6.07, 6.45) is 6.58. The highest BCUT2D eigenvalue weighted by atomic mass is 32.1. The number of hydrogen-bond donors (Lipinski definition) is 1. The summed E-state index contributed by atoms with van der Waals surface area (Å²) in [4.78, 5) is 19.7. The molecule has 6 rings (SSSR count). The second-order valence-electron chi connectivity index (χ2n) is 10.3. The van der Waals surface area contributed by atoms with Gasteiger partial charge < -0.3 is 9.88 Å². The monoisotopic (exact) mass is 463 g/mol. The van der Waals surface area contributed by atoms with Crippen LogP contribution in [0, 0.1) is 19.8 Å². The van der Waals surface area contributed by atoms with Gasteiger partial charge in [0.15, 0.2) is 10.8 Å². The number of thiazole rings is 1. The highest BCUT2D eigenvalue weighted by Crippen LogP contribution is 2.41. The lowest BCUT2D eigenvalue weighted by atomic mass is 9.96. The fourth-order valence-electron chi connectivity index (χ4n) is 5.38. The third-order valence-corrected chi connectivity index (χ3v) is 8.53. The van der Waals surface area contributed by atoms with E-state index in [0.717, 1.165) is 41.8 Å². The zero-order valence-electron chi connectivity index (χ0n) is 20.2. The molecule has 174 valence electrons. The van der Waals surface area contributed by atoms with E-state index in [0.29, 0.717) is 12.0 Å². The summed E-state index contributed by atoms with van der Waals surface area (Å²) in [6.45, 7) is 15.8. The van der Waals surface area contributed by atoms with Gasteiger partial charge >= 0.3 is 0 Å². The smallest absolute Gasteiger partial charge is 0.188 e. The van der Waals surface area contributed by atoms with Crippen LogP contribution < -0.4 is 4.90 Å². The molecular formula is C25H33N7S. The number of rotatable bonds is 5. The van der Waals surface area contributed by atoms with Crippen molar-refractivity contribution in [2.24, 2.45) is 5.92 Å². The number of hydrogen-bond acceptors (Lipinski definition) is 6. The average Bonchev–Trinajstić information content (AvgIpc) is 3.17. The Morgan fingerprint density at radius 1 is 1.18 bits per heavy atom. The SMILES string of the molecule is Cc1c(-c2[nH]c3sc(N4CCN(CC5CC5)C[C@@H]4C)nc3c2C(C)C)cn2ncnc2c1C. The van der Waals surface area contributed by atoms with E-state index < -0.39 is 0 Å². The molecule has 1 saturated carbocycles. The minimum atomic E-state index is 0.364. The summed E-state index contributed by atoms with van der Waals surface area (Å²) in [5.41, 5.74) is 8.12. The lowest BCUT2D eigenvalue weighted by Gasteiger charge is -2.39. The second-order valence-corrected chi connectivity index (χ2v) is 11.3. The fraction of sp³-hybridized carbons (Fsp3) is 0.560. The molecule has 0 unspecified atom stereocenters. The Kier molecular flexibility index (Phi) is 4.99. The molecule has 2 aliphatic rings. The maximum atomic E-state index is 5.22. The van der Waals surface area contributed by atoms with Gasteiger partial charge in [-0.05, 0) is 56.6 Å². The summed E-state index contributed by atoms with van der Waals surface area (Å²) in [5.74, 6) is 1.32. The number of nitrogens with zero attached hydrogens (tertiary/aromatic N) is 6. The third-order valence-electron chi connectivity index (χ3n) is 7.52. The van der Waals surface area contributed by atoms with Crippen molar-refractivity contribution in [2.75, 3.05) is 31.1 Å². The summed E-state index contributed by atoms with van der Waals surface area (Å²) >= 11 is 1.80. The molecule has 1 aliphatic heterocycles. The van der Waals surface area contributed by atoms with Crippen LogP contribution in [0.4, 0.5) is 5.13 Å². The van der Waals surface area contributed by atoms with Gasteiger partial charge in [0.2, 0.25) is 0 Å². The van der Waals surface area contributed by atoms with E-state index in [9.17, 15) is 0 Å². The van der Waals surface area contributed by atoms with E-state index in [1.807, 2.05) is 4.52 Å². The zero-order chi connectivity index (χ0) is 22.9. The van der Waals surface area contributed by atoms with Crippen molar-refractivity contribution in [3.05, 3.63) is 29.2 Å². The van der Waals surface area contributed by atoms with Crippen molar-refractivity contribution in [3.8, 4) is 11.3 Å². The molecular weight excluding hydrogens is 430 g/mol. The van der Waals surface area contributed by atoms with E-state index in [4.69, 9.17) is 4.98 Å². The van der Waals surface area contributed by atoms with E-state index >= 15 is 0 Å². The number of fused-ring (bicyclic) bond motifs is 2. The Morgan fingerprint density at radius 3 is 2.73 bits per heavy atom. The lowest BCUT2D eigenvalue weighted by Crippen LogP contribution is -2.52. The number of aromatic nitrogens is 5. The number of anilines is 1. The third kappa shape index (κ3) is 3.54. The quantitative estimate of drug-likeness (QED) is 0.451. The van der Waals surface area contributed by atoms with Gasteiger partial charge in [0.1, 0.15) is 16.7 Å². The molecule has 4 aromatic rings. The molecule has 1 saturated heterocycles. The Balaban J connectivity index is 1.37. The van der Waals surface area contributed by atoms with Crippen LogP contribution in [0.1, 0.15) is 56.2 Å². The largest absolute Gasteiger partial charge is 0.344 e. The fourth-order valence-corrected chi connectivity index (χ4v) is 6.49. The molecule has 1 aliphatic carbocycles. The van der Waals surface area contributed by atoms with Crippen LogP contribution in [-0.2, 0) is 0 Å². The van der Waals surface area contributed by atoms with Crippen molar-refractivity contribution in [1.82, 2.24) is 29.5 Å². The molecule has 0 amide bonds. The standard InChI is InChI=1S/C25H33N7S/c1-14(2)20-21(19-12-32-23(26-13-27-32)17(5)16(19)4)28-24-22(20)29-25(33-24)31-9-8-30(10-15(31)3)11-18-6-7-18/h12-15,18,28H,6-11H2,1-5H3/t15-/m0/s1. The first-order chi connectivity index (χ1) is 15.9. The molecule has 5 heterocycles. The first-order valence-corrected chi connectivity index (χ1v) is 13.0. The predicted octanol–water partition coefficient (Wildman–Crippen LogP) is 4.99. The van der Waals surface area contributed by atoms with Crippen LogP contribution >= 0.6 is 11.3 Å². The molecule has 7 nitrogen and oxygen atoms in total. The van der Waals surface area contributed by atoms with Gasteiger partial charge in [0.05, 0.1) is 5.69 Å². The number of nitrogens with one attached hydrogen (secondary N) is 1. The van der Waals surface area contributed by atoms with E-state index in [1.165, 1.54) is 52.2 Å². The second kappa shape index (κ2) is 7.81. The number of aromatic amines is 1. The minimum absolute atomic E-state index is 0.364. The Hall–Kier alpha value is -2.45. The molecule has 4 aromatic heterocycles. The first kappa shape index (κ1) is 21.1. The summed E-state index contributed by atoms with van der Waals surface area (Å²) < 4.78 is 1.89. The summed E-state index contributed by atoms with van der Waals surface area (Å²) in [7, 11) is 0. The molecule has 1 atom stereocenters. The van der Waals surface area contributed by atoms with Crippen molar-refractivity contribution in [3.63, 3.8) is 0 Å². The number of aryl methyl sites for hydroxylation is 1. The summed E-state index contributed by atoms with van der Waals surface area (Å²) in [6, 6.07) is 0.495. The normalized spacial score (nSPS) is 20.1. The predicted molar refractivity (Wildman–Crippen MR) is 135 cm³/mol. The van der Waals surface area contributed by atoms with Crippen LogP contribution in [0.15, 0.2) is 12.5 Å². The van der Waals surface area contributed by atoms with Gasteiger partial charge in [-0.2, -0.15) is 5.10 Å². The minimum Gasteiger partial charge on any atom is -0.344 e. The van der Waals surface area contributed by atoms with Crippen LogP contribution in [0.5, 0.6) is 0 Å². The van der Waals surface area contributed by atoms with E-state index in [-0.39, 0.29) is 0 Å². The Labute approximate surface area is 198 Å². The van der Waals surface area contributed by atoms with Gasteiger partial charge in [0, 0.05) is 49.5 Å². The number of piperazine rings is 1. The van der Waals surface area contributed by atoms with Gasteiger partial charge in [-0.1, -0.05) is 25.2 Å². The van der Waals surface area contributed by atoms with Gasteiger partial charge in [-0.25, -0.2) is 14.5 Å². The number of pyridine rings is 1. The maximum absolute atomic E-state index is 5.22. The van der Waals surface area contributed by atoms with Gasteiger partial charge in [-0.15, -0.1) is 0 Å². The molecule has 1 N–H and O–H groups in total. The van der Waals surface area contributed by atoms with Crippen molar-refractivity contribution >= 4 is 32.5 Å². The first-order valence-electron chi connectivity index (χ1n) is 12.2. The van der Waals surface area contributed by atoms with E-state index in [2.05, 4.69) is 65.7 Å². The maximum Gasteiger partial charge on any atom is 0.188 e. The molecule has 8 heteroatoms. The summed E-state index contributed by atoms with van der Waals surface area (Å²) in [5, 5.41) is 5.56. The topological polar surface area (TPSA) is 65.4 Å². The molecule has 2 fully saturated rings. The van der Waals surface area contributed by atoms with Gasteiger partial charge in [-0.3, -0.25) is 4.90 Å². The zero-order valence-corrected chi connectivity index (χ0v) is 21.0. The van der Waals surface area contributed by atoms with Gasteiger partial charge in [0.25, 0.3) is 0 Å². The Morgan fingerprint density at radius 2 is 2.00 bits per heavy atom. The highest BCUT2D eigenvalue weighted by molar-refractivity contribution is 7.21. The average molecular weight is 464 g/mol. The van der Waals surface area contributed by atoms with Crippen LogP contribution in [-0.4, -0.2) is 61.7 Å². The molecule has 0 radical (unpaired) electrons. The lowest BCUT2D eigenvalue weighted by molar-refractivity contribution is 0.220. The van der Waals surface area contributed by atoms with E-state index in [1.54, 1.807) is 17.7 Å². The van der Waals surface area contributed by atoms with Crippen LogP contribution in [0.3, 0.4) is 0 Å². The molecule has 0 bridgehead atoms. The van der Waals surface area contributed by atoms with Crippen molar-refractivity contribution < 1.29 is 0 Å². The Bertz CT molecular complexity index is 1330. The van der Waals surface area contributed by atoms with Crippen LogP contribution in [0.2, 0.25) is 0 Å².